The summed E-state index contributed by atoms with van der Waals surface area (Å²) < 4.78 is 5.92. The number of anilines is 2. The molecule has 4 rings (SSSR count). The lowest BCUT2D eigenvalue weighted by molar-refractivity contribution is 0.102. The van der Waals surface area contributed by atoms with Crippen LogP contribution in [-0.2, 0) is 0 Å². The summed E-state index contributed by atoms with van der Waals surface area (Å²) in [6, 6.07) is 14.3. The lowest BCUT2D eigenvalue weighted by atomic mass is 10.2. The van der Waals surface area contributed by atoms with E-state index < -0.39 is 0 Å². The Morgan fingerprint density at radius 1 is 1.09 bits per heavy atom. The fraction of sp³-hybridized carbons (Fsp3) is 0.0833. The summed E-state index contributed by atoms with van der Waals surface area (Å²) in [4.78, 5) is 29.7. The van der Waals surface area contributed by atoms with Crippen molar-refractivity contribution in [1.29, 1.82) is 5.41 Å². The fourth-order valence-electron chi connectivity index (χ4n) is 3.06. The van der Waals surface area contributed by atoms with Crippen LogP contribution in [0.3, 0.4) is 0 Å². The fourth-order valence-corrected chi connectivity index (χ4v) is 3.06. The molecule has 0 unspecified atom stereocenters. The van der Waals surface area contributed by atoms with E-state index in [0.717, 1.165) is 11.1 Å². The second-order valence-electron chi connectivity index (χ2n) is 7.03. The molecule has 0 aliphatic rings. The van der Waals surface area contributed by atoms with Gasteiger partial charge in [0.15, 0.2) is 0 Å². The van der Waals surface area contributed by atoms with E-state index in [2.05, 4.69) is 30.6 Å². The molecule has 0 aliphatic heterocycles. The van der Waals surface area contributed by atoms with Crippen LogP contribution in [0.5, 0.6) is 11.8 Å². The van der Waals surface area contributed by atoms with E-state index in [1.165, 1.54) is 6.21 Å². The molecule has 0 radical (unpaired) electrons. The third kappa shape index (κ3) is 4.99. The average Bonchev–Trinajstić information content (AvgIpc) is 2.86. The Kier molecular flexibility index (Phi) is 6.31. The topological polar surface area (TPSA) is 126 Å². The standard InChI is InChI=1S/C24H21N7O2/c1-15-5-7-18(29-23(32)20-8-6-16(13-25)22(26-2)30-20)12-21(15)33-24-28-11-9-19(31-24)17-4-3-10-27-14-17/h3-14,25H,1-2H3,(H,26,30)(H,29,32). The number of nitrogens with zero attached hydrogens (tertiary/aromatic N) is 4. The maximum absolute atomic E-state index is 12.7. The Hall–Kier alpha value is -4.66. The summed E-state index contributed by atoms with van der Waals surface area (Å²) in [5, 5.41) is 13.1. The average molecular weight is 439 g/mol. The van der Waals surface area contributed by atoms with E-state index in [0.29, 0.717) is 28.5 Å². The summed E-state index contributed by atoms with van der Waals surface area (Å²) in [7, 11) is 1.69. The van der Waals surface area contributed by atoms with Gasteiger partial charge in [0.2, 0.25) is 0 Å². The van der Waals surface area contributed by atoms with Crippen molar-refractivity contribution in [1.82, 2.24) is 19.9 Å². The summed E-state index contributed by atoms with van der Waals surface area (Å²) in [6.07, 6.45) is 6.21. The van der Waals surface area contributed by atoms with Crippen molar-refractivity contribution >= 4 is 23.6 Å². The lowest BCUT2D eigenvalue weighted by Crippen LogP contribution is -2.15. The maximum atomic E-state index is 12.7. The van der Waals surface area contributed by atoms with E-state index in [1.54, 1.807) is 56.0 Å². The Morgan fingerprint density at radius 2 is 1.97 bits per heavy atom. The summed E-state index contributed by atoms with van der Waals surface area (Å²) in [6.45, 7) is 1.89. The molecule has 33 heavy (non-hydrogen) atoms. The first-order valence-electron chi connectivity index (χ1n) is 10.1. The predicted octanol–water partition coefficient (Wildman–Crippen LogP) is 4.33. The highest BCUT2D eigenvalue weighted by Crippen LogP contribution is 2.27. The molecule has 0 saturated heterocycles. The number of rotatable bonds is 7. The van der Waals surface area contributed by atoms with E-state index in [1.807, 2.05) is 25.1 Å². The molecule has 9 nitrogen and oxygen atoms in total. The first kappa shape index (κ1) is 21.6. The molecule has 0 bridgehead atoms. The number of aromatic nitrogens is 4. The van der Waals surface area contributed by atoms with E-state index in [-0.39, 0.29) is 17.6 Å². The van der Waals surface area contributed by atoms with Crippen molar-refractivity contribution in [3.63, 3.8) is 0 Å². The SMILES string of the molecule is CNc1nc(C(=O)Nc2ccc(C)c(Oc3nccc(-c4cccnc4)n3)c2)ccc1C=N. The van der Waals surface area contributed by atoms with Crippen LogP contribution in [0.2, 0.25) is 0 Å². The molecule has 1 amide bonds. The molecule has 3 N–H and O–H groups in total. The Bertz CT molecular complexity index is 1310. The molecule has 164 valence electrons. The molecular weight excluding hydrogens is 418 g/mol. The first-order valence-corrected chi connectivity index (χ1v) is 10.1. The van der Waals surface area contributed by atoms with Gasteiger partial charge >= 0.3 is 6.01 Å². The number of nitrogens with one attached hydrogen (secondary N) is 3. The first-order chi connectivity index (χ1) is 16.1. The van der Waals surface area contributed by atoms with E-state index in [4.69, 9.17) is 10.1 Å². The number of aryl methyl sites for hydroxylation is 1. The molecular formula is C24H21N7O2. The van der Waals surface area contributed by atoms with Gasteiger partial charge in [0.05, 0.1) is 5.69 Å². The molecule has 3 aromatic heterocycles. The Labute approximate surface area is 190 Å². The number of benzene rings is 1. The van der Waals surface area contributed by atoms with Crippen molar-refractivity contribution in [3.05, 3.63) is 83.9 Å². The Balaban J connectivity index is 1.54. The highest BCUT2D eigenvalue weighted by Gasteiger charge is 2.13. The summed E-state index contributed by atoms with van der Waals surface area (Å²) in [5.74, 6) is 0.586. The van der Waals surface area contributed by atoms with Crippen molar-refractivity contribution in [2.75, 3.05) is 17.7 Å². The normalized spacial score (nSPS) is 10.4. The smallest absolute Gasteiger partial charge is 0.322 e. The summed E-state index contributed by atoms with van der Waals surface area (Å²) in [5.41, 5.74) is 3.75. The Morgan fingerprint density at radius 3 is 2.73 bits per heavy atom. The van der Waals surface area contributed by atoms with Gasteiger partial charge in [0, 0.05) is 54.7 Å². The molecule has 0 saturated carbocycles. The predicted molar refractivity (Wildman–Crippen MR) is 126 cm³/mol. The van der Waals surface area contributed by atoms with Crippen molar-refractivity contribution in [2.45, 2.75) is 6.92 Å². The number of hydrogen-bond acceptors (Lipinski definition) is 8. The van der Waals surface area contributed by atoms with Gasteiger partial charge in [0.25, 0.3) is 5.91 Å². The van der Waals surface area contributed by atoms with E-state index >= 15 is 0 Å². The second kappa shape index (κ2) is 9.65. The number of carbonyl (C=O) groups excluding carboxylic acids is 1. The highest BCUT2D eigenvalue weighted by atomic mass is 16.5. The monoisotopic (exact) mass is 439 g/mol. The van der Waals surface area contributed by atoms with Crippen LogP contribution in [0.25, 0.3) is 11.3 Å². The molecule has 0 aliphatic carbocycles. The highest BCUT2D eigenvalue weighted by molar-refractivity contribution is 6.03. The summed E-state index contributed by atoms with van der Waals surface area (Å²) >= 11 is 0. The second-order valence-corrected chi connectivity index (χ2v) is 7.03. The molecule has 0 atom stereocenters. The van der Waals surface area contributed by atoms with E-state index in [9.17, 15) is 4.79 Å². The zero-order valence-corrected chi connectivity index (χ0v) is 18.0. The minimum absolute atomic E-state index is 0.186. The third-order valence-corrected chi connectivity index (χ3v) is 4.79. The molecule has 4 aromatic rings. The molecule has 0 fully saturated rings. The van der Waals surface area contributed by atoms with Gasteiger partial charge in [-0.1, -0.05) is 6.07 Å². The van der Waals surface area contributed by atoms with Crippen LogP contribution in [0.1, 0.15) is 21.6 Å². The quantitative estimate of drug-likeness (QED) is 0.366. The number of pyridine rings is 2. The largest absolute Gasteiger partial charge is 0.424 e. The van der Waals surface area contributed by atoms with Gasteiger partial charge < -0.3 is 20.8 Å². The van der Waals surface area contributed by atoms with Gasteiger partial charge in [-0.15, -0.1) is 0 Å². The third-order valence-electron chi connectivity index (χ3n) is 4.79. The minimum atomic E-state index is -0.382. The number of amides is 1. The van der Waals surface area contributed by atoms with Crippen molar-refractivity contribution in [2.24, 2.45) is 0 Å². The molecule has 1 aromatic carbocycles. The van der Waals surface area contributed by atoms with Crippen LogP contribution in [0.15, 0.2) is 67.1 Å². The van der Waals surface area contributed by atoms with Gasteiger partial charge in [0.1, 0.15) is 17.3 Å². The zero-order valence-electron chi connectivity index (χ0n) is 18.0. The molecule has 9 heteroatoms. The van der Waals surface area contributed by atoms with Gasteiger partial charge in [-0.05, 0) is 48.9 Å². The lowest BCUT2D eigenvalue weighted by Gasteiger charge is -2.12. The van der Waals surface area contributed by atoms with Crippen LogP contribution in [0.4, 0.5) is 11.5 Å². The number of hydrogen-bond donors (Lipinski definition) is 3. The molecule has 0 spiro atoms. The minimum Gasteiger partial charge on any atom is -0.424 e. The zero-order chi connectivity index (χ0) is 23.2. The number of carbonyl (C=O) groups is 1. The van der Waals surface area contributed by atoms with Crippen LogP contribution in [-0.4, -0.2) is 39.1 Å². The van der Waals surface area contributed by atoms with Crippen LogP contribution >= 0.6 is 0 Å². The van der Waals surface area contributed by atoms with Crippen molar-refractivity contribution < 1.29 is 9.53 Å². The number of ether oxygens (including phenoxy) is 1. The van der Waals surface area contributed by atoms with Crippen molar-refractivity contribution in [3.8, 4) is 23.0 Å². The van der Waals surface area contributed by atoms with Crippen LogP contribution in [0, 0.1) is 12.3 Å². The van der Waals surface area contributed by atoms with Gasteiger partial charge in [-0.2, -0.15) is 4.98 Å². The molecule has 3 heterocycles. The van der Waals surface area contributed by atoms with Gasteiger partial charge in [-0.25, -0.2) is 9.97 Å². The van der Waals surface area contributed by atoms with Crippen LogP contribution < -0.4 is 15.4 Å². The maximum Gasteiger partial charge on any atom is 0.322 e. The van der Waals surface area contributed by atoms with Gasteiger partial charge in [-0.3, -0.25) is 9.78 Å².